The monoisotopic (exact) mass is 339 g/mol. The van der Waals surface area contributed by atoms with Gasteiger partial charge in [-0.2, -0.15) is 0 Å². The van der Waals surface area contributed by atoms with Crippen molar-refractivity contribution in [2.75, 3.05) is 18.6 Å². The molecule has 2 aromatic rings. The molecular weight excluding hydrogens is 318 g/mol. The molecule has 0 spiro atoms. The zero-order valence-electron chi connectivity index (χ0n) is 14.6. The van der Waals surface area contributed by atoms with Crippen LogP contribution in [0.2, 0.25) is 0 Å². The molecule has 2 aromatic carbocycles. The lowest BCUT2D eigenvalue weighted by atomic mass is 10.1. The number of hydrogen-bond acceptors (Lipinski definition) is 4. The van der Waals surface area contributed by atoms with Crippen molar-refractivity contribution in [2.24, 2.45) is 0 Å². The zero-order valence-corrected chi connectivity index (χ0v) is 14.6. The van der Waals surface area contributed by atoms with Crippen molar-refractivity contribution in [1.82, 2.24) is 0 Å². The van der Waals surface area contributed by atoms with Crippen LogP contribution in [-0.2, 0) is 11.2 Å². The second kappa shape index (κ2) is 6.97. The fourth-order valence-electron chi connectivity index (χ4n) is 3.01. The van der Waals surface area contributed by atoms with Gasteiger partial charge in [0.2, 0.25) is 0 Å². The Balaban J connectivity index is 1.77. The van der Waals surface area contributed by atoms with E-state index in [4.69, 9.17) is 9.47 Å². The summed E-state index contributed by atoms with van der Waals surface area (Å²) in [6, 6.07) is 12.9. The van der Waals surface area contributed by atoms with Crippen LogP contribution in [0.4, 0.5) is 5.69 Å². The van der Waals surface area contributed by atoms with E-state index in [2.05, 4.69) is 0 Å². The maximum atomic E-state index is 12.8. The zero-order chi connectivity index (χ0) is 18.0. The lowest BCUT2D eigenvalue weighted by Gasteiger charge is -2.23. The van der Waals surface area contributed by atoms with Crippen LogP contribution in [0.15, 0.2) is 42.5 Å². The van der Waals surface area contributed by atoms with E-state index in [9.17, 15) is 9.59 Å². The van der Waals surface area contributed by atoms with Crippen LogP contribution >= 0.6 is 0 Å². The van der Waals surface area contributed by atoms with Gasteiger partial charge in [-0.1, -0.05) is 18.2 Å². The number of nitrogens with zero attached hydrogens (tertiary/aromatic N) is 1. The third kappa shape index (κ3) is 3.36. The minimum atomic E-state index is -0.664. The fourth-order valence-corrected chi connectivity index (χ4v) is 3.01. The van der Waals surface area contributed by atoms with Crippen LogP contribution in [0.25, 0.3) is 0 Å². The van der Waals surface area contributed by atoms with Crippen molar-refractivity contribution in [3.05, 3.63) is 53.6 Å². The van der Waals surface area contributed by atoms with E-state index in [1.807, 2.05) is 24.3 Å². The van der Waals surface area contributed by atoms with E-state index in [1.165, 1.54) is 19.6 Å². The summed E-state index contributed by atoms with van der Waals surface area (Å²) in [7, 11) is 1.51. The standard InChI is InChI=1S/C20H21NO4/c1-13(22)16-8-9-18(19(12-16)24-3)25-14(2)20(23)21-11-10-15-6-4-5-7-17(15)21/h4-9,12,14H,10-11H2,1-3H3/t14-/m0/s1. The van der Waals surface area contributed by atoms with Crippen LogP contribution in [0.5, 0.6) is 11.5 Å². The molecule has 0 radical (unpaired) electrons. The van der Waals surface area contributed by atoms with Crippen LogP contribution in [-0.4, -0.2) is 31.4 Å². The SMILES string of the molecule is COc1cc(C(C)=O)ccc1O[C@@H](C)C(=O)N1CCc2ccccc21. The number of ketones is 1. The summed E-state index contributed by atoms with van der Waals surface area (Å²) in [6.45, 7) is 3.88. The van der Waals surface area contributed by atoms with Crippen molar-refractivity contribution in [2.45, 2.75) is 26.4 Å². The van der Waals surface area contributed by atoms with Crippen LogP contribution in [0, 0.1) is 0 Å². The minimum absolute atomic E-state index is 0.0531. The number of amides is 1. The Hall–Kier alpha value is -2.82. The van der Waals surface area contributed by atoms with Gasteiger partial charge in [0.15, 0.2) is 23.4 Å². The van der Waals surface area contributed by atoms with Gasteiger partial charge in [-0.05, 0) is 50.1 Å². The van der Waals surface area contributed by atoms with E-state index in [0.717, 1.165) is 12.1 Å². The van der Waals surface area contributed by atoms with Crippen molar-refractivity contribution in [1.29, 1.82) is 0 Å². The topological polar surface area (TPSA) is 55.8 Å². The quantitative estimate of drug-likeness (QED) is 0.785. The number of para-hydroxylation sites is 1. The van der Waals surface area contributed by atoms with Gasteiger partial charge in [0.05, 0.1) is 7.11 Å². The van der Waals surface area contributed by atoms with Crippen LogP contribution in [0.1, 0.15) is 29.8 Å². The number of methoxy groups -OCH3 is 1. The molecule has 1 aliphatic heterocycles. The molecule has 0 aliphatic carbocycles. The van der Waals surface area contributed by atoms with E-state index < -0.39 is 6.10 Å². The first-order valence-corrected chi connectivity index (χ1v) is 8.26. The summed E-state index contributed by atoms with van der Waals surface area (Å²) in [5, 5.41) is 0. The third-order valence-electron chi connectivity index (χ3n) is 4.37. The molecule has 3 rings (SSSR count). The van der Waals surface area contributed by atoms with E-state index in [1.54, 1.807) is 30.0 Å². The molecule has 0 saturated heterocycles. The molecule has 1 atom stereocenters. The molecule has 0 unspecified atom stereocenters. The van der Waals surface area contributed by atoms with Crippen LogP contribution in [0.3, 0.4) is 0 Å². The summed E-state index contributed by atoms with van der Waals surface area (Å²) in [4.78, 5) is 26.0. The second-order valence-corrected chi connectivity index (χ2v) is 6.05. The fraction of sp³-hybridized carbons (Fsp3) is 0.300. The number of hydrogen-bond donors (Lipinski definition) is 0. The minimum Gasteiger partial charge on any atom is -0.493 e. The number of fused-ring (bicyclic) bond motifs is 1. The molecule has 130 valence electrons. The number of rotatable bonds is 5. The van der Waals surface area contributed by atoms with Gasteiger partial charge in [0, 0.05) is 17.8 Å². The van der Waals surface area contributed by atoms with Gasteiger partial charge >= 0.3 is 0 Å². The van der Waals surface area contributed by atoms with E-state index in [-0.39, 0.29) is 11.7 Å². The van der Waals surface area contributed by atoms with Gasteiger partial charge in [-0.15, -0.1) is 0 Å². The molecule has 5 heteroatoms. The highest BCUT2D eigenvalue weighted by Crippen LogP contribution is 2.31. The Morgan fingerprint density at radius 3 is 2.60 bits per heavy atom. The maximum Gasteiger partial charge on any atom is 0.267 e. The largest absolute Gasteiger partial charge is 0.493 e. The highest BCUT2D eigenvalue weighted by Gasteiger charge is 2.29. The number of benzene rings is 2. The van der Waals surface area contributed by atoms with Gasteiger partial charge in [0.1, 0.15) is 0 Å². The normalized spacial score (nSPS) is 14.0. The molecule has 0 bridgehead atoms. The maximum absolute atomic E-state index is 12.8. The number of carbonyl (C=O) groups excluding carboxylic acids is 2. The first-order chi connectivity index (χ1) is 12.0. The number of anilines is 1. The average Bonchev–Trinajstić information content (AvgIpc) is 3.05. The highest BCUT2D eigenvalue weighted by atomic mass is 16.5. The van der Waals surface area contributed by atoms with Gasteiger partial charge in [0.25, 0.3) is 5.91 Å². The molecule has 25 heavy (non-hydrogen) atoms. The van der Waals surface area contributed by atoms with E-state index in [0.29, 0.717) is 23.6 Å². The second-order valence-electron chi connectivity index (χ2n) is 6.05. The Morgan fingerprint density at radius 2 is 1.88 bits per heavy atom. The molecule has 0 fully saturated rings. The van der Waals surface area contributed by atoms with Crippen LogP contribution < -0.4 is 14.4 Å². The Morgan fingerprint density at radius 1 is 1.12 bits per heavy atom. The Kier molecular flexibility index (Phi) is 4.74. The summed E-state index contributed by atoms with van der Waals surface area (Å²) in [6.07, 6.45) is 0.189. The molecule has 5 nitrogen and oxygen atoms in total. The van der Waals surface area contributed by atoms with Crippen molar-refractivity contribution in [3.8, 4) is 11.5 Å². The first-order valence-electron chi connectivity index (χ1n) is 8.26. The molecular formula is C20H21NO4. The molecule has 0 saturated carbocycles. The van der Waals surface area contributed by atoms with Gasteiger partial charge < -0.3 is 14.4 Å². The number of carbonyl (C=O) groups is 2. The van der Waals surface area contributed by atoms with Crippen molar-refractivity contribution < 1.29 is 19.1 Å². The Labute approximate surface area is 147 Å². The summed E-state index contributed by atoms with van der Waals surface area (Å²) in [5.41, 5.74) is 2.66. The molecule has 1 heterocycles. The lowest BCUT2D eigenvalue weighted by molar-refractivity contribution is -0.124. The van der Waals surface area contributed by atoms with Crippen molar-refractivity contribution in [3.63, 3.8) is 0 Å². The van der Waals surface area contributed by atoms with E-state index >= 15 is 0 Å². The smallest absolute Gasteiger partial charge is 0.267 e. The Bertz CT molecular complexity index is 815. The first kappa shape index (κ1) is 17.0. The van der Waals surface area contributed by atoms with Crippen molar-refractivity contribution >= 4 is 17.4 Å². The molecule has 1 amide bonds. The third-order valence-corrected chi connectivity index (χ3v) is 4.37. The lowest BCUT2D eigenvalue weighted by Crippen LogP contribution is -2.39. The number of Topliss-reactive ketones (excluding diaryl/α,β-unsaturated/α-hetero) is 1. The van der Waals surface area contributed by atoms with Gasteiger partial charge in [-0.25, -0.2) is 0 Å². The predicted octanol–water partition coefficient (Wildman–Crippen LogP) is 3.25. The highest BCUT2D eigenvalue weighted by molar-refractivity contribution is 5.98. The van der Waals surface area contributed by atoms with Gasteiger partial charge in [-0.3, -0.25) is 9.59 Å². The summed E-state index contributed by atoms with van der Waals surface area (Å²) in [5.74, 6) is 0.736. The molecule has 1 aliphatic rings. The summed E-state index contributed by atoms with van der Waals surface area (Å²) < 4.78 is 11.1. The molecule has 0 N–H and O–H groups in total. The molecule has 0 aromatic heterocycles. The average molecular weight is 339 g/mol. The summed E-state index contributed by atoms with van der Waals surface area (Å²) >= 11 is 0. The predicted molar refractivity (Wildman–Crippen MR) is 95.6 cm³/mol. The number of ether oxygens (including phenoxy) is 2.